The van der Waals surface area contributed by atoms with E-state index in [2.05, 4.69) is 30.9 Å². The summed E-state index contributed by atoms with van der Waals surface area (Å²) < 4.78 is 4.85. The Bertz CT molecular complexity index is 234. The van der Waals surface area contributed by atoms with Gasteiger partial charge in [0.15, 0.2) is 5.82 Å². The predicted octanol–water partition coefficient (Wildman–Crippen LogP) is 1.97. The average molecular weight is 154 g/mol. The predicted molar refractivity (Wildman–Crippen MR) is 42.2 cm³/mol. The summed E-state index contributed by atoms with van der Waals surface area (Å²) in [5.74, 6) is 1.44. The van der Waals surface area contributed by atoms with Crippen molar-refractivity contribution in [1.82, 2.24) is 10.1 Å². The quantitative estimate of drug-likeness (QED) is 0.620. The summed E-state index contributed by atoms with van der Waals surface area (Å²) in [6.07, 6.45) is 0.865. The van der Waals surface area contributed by atoms with Crippen molar-refractivity contribution >= 4 is 0 Å². The minimum absolute atomic E-state index is 0.232. The first-order chi connectivity index (χ1) is 4.97. The molecule has 62 valence electrons. The van der Waals surface area contributed by atoms with Gasteiger partial charge in [0.2, 0.25) is 5.89 Å². The number of nitrogens with zero attached hydrogens (tertiary/aromatic N) is 2. The van der Waals surface area contributed by atoms with E-state index in [9.17, 15) is 0 Å². The van der Waals surface area contributed by atoms with E-state index >= 15 is 0 Å². The molecule has 1 heterocycles. The molecule has 0 aliphatic carbocycles. The Morgan fingerprint density at radius 1 is 1.36 bits per heavy atom. The monoisotopic (exact) mass is 154 g/mol. The zero-order valence-corrected chi connectivity index (χ0v) is 7.51. The van der Waals surface area contributed by atoms with Crippen LogP contribution in [0, 0.1) is 12.3 Å². The van der Waals surface area contributed by atoms with Crippen molar-refractivity contribution in [1.29, 1.82) is 0 Å². The molecule has 0 unspecified atom stereocenters. The number of hydrogen-bond donors (Lipinski definition) is 0. The maximum absolute atomic E-state index is 4.85. The van der Waals surface area contributed by atoms with Gasteiger partial charge >= 0.3 is 0 Å². The molecule has 0 N–H and O–H groups in total. The molecule has 0 bridgehead atoms. The van der Waals surface area contributed by atoms with Gasteiger partial charge in [-0.1, -0.05) is 25.9 Å². The Hall–Kier alpha value is -0.860. The van der Waals surface area contributed by atoms with Gasteiger partial charge in [0.25, 0.3) is 0 Å². The SMILES string of the molecule is Cc1nc(CC(C)(C)C)no1. The van der Waals surface area contributed by atoms with Crippen LogP contribution in [0.5, 0.6) is 0 Å². The van der Waals surface area contributed by atoms with Crippen molar-refractivity contribution < 1.29 is 4.52 Å². The largest absolute Gasteiger partial charge is 0.340 e. The fourth-order valence-corrected chi connectivity index (χ4v) is 0.887. The van der Waals surface area contributed by atoms with E-state index in [0.717, 1.165) is 12.2 Å². The van der Waals surface area contributed by atoms with Crippen molar-refractivity contribution in [3.63, 3.8) is 0 Å². The molecule has 3 heteroatoms. The summed E-state index contributed by atoms with van der Waals surface area (Å²) in [4.78, 5) is 4.12. The first-order valence-electron chi connectivity index (χ1n) is 3.76. The van der Waals surface area contributed by atoms with Crippen LogP contribution in [0.15, 0.2) is 4.52 Å². The second-order valence-corrected chi connectivity index (χ2v) is 3.97. The summed E-state index contributed by atoms with van der Waals surface area (Å²) in [6.45, 7) is 8.26. The highest BCUT2D eigenvalue weighted by Gasteiger charge is 2.14. The van der Waals surface area contributed by atoms with Crippen molar-refractivity contribution in [2.24, 2.45) is 5.41 Å². The van der Waals surface area contributed by atoms with Crippen molar-refractivity contribution in [3.8, 4) is 0 Å². The molecule has 0 fully saturated rings. The average Bonchev–Trinajstić information content (AvgIpc) is 2.10. The van der Waals surface area contributed by atoms with Gasteiger partial charge in [-0.15, -0.1) is 0 Å². The molecule has 11 heavy (non-hydrogen) atoms. The Morgan fingerprint density at radius 3 is 2.36 bits per heavy atom. The van der Waals surface area contributed by atoms with Crippen LogP contribution in [0.1, 0.15) is 32.5 Å². The van der Waals surface area contributed by atoms with Crippen LogP contribution in [-0.4, -0.2) is 10.1 Å². The molecule has 0 atom stereocenters. The van der Waals surface area contributed by atoms with Crippen molar-refractivity contribution in [2.45, 2.75) is 34.1 Å². The number of hydrogen-bond acceptors (Lipinski definition) is 3. The maximum Gasteiger partial charge on any atom is 0.223 e. The summed E-state index contributed by atoms with van der Waals surface area (Å²) in [5.41, 5.74) is 0.232. The minimum atomic E-state index is 0.232. The first kappa shape index (κ1) is 8.24. The summed E-state index contributed by atoms with van der Waals surface area (Å²) in [6, 6.07) is 0. The van der Waals surface area contributed by atoms with Crippen molar-refractivity contribution in [3.05, 3.63) is 11.7 Å². The highest BCUT2D eigenvalue weighted by molar-refractivity contribution is 4.87. The minimum Gasteiger partial charge on any atom is -0.340 e. The molecule has 0 spiro atoms. The second kappa shape index (κ2) is 2.64. The summed E-state index contributed by atoms with van der Waals surface area (Å²) >= 11 is 0. The maximum atomic E-state index is 4.85. The molecule has 0 amide bonds. The lowest BCUT2D eigenvalue weighted by atomic mass is 9.92. The zero-order valence-electron chi connectivity index (χ0n) is 7.51. The molecular weight excluding hydrogens is 140 g/mol. The van der Waals surface area contributed by atoms with Gasteiger partial charge < -0.3 is 4.52 Å². The van der Waals surface area contributed by atoms with Gasteiger partial charge in [0.05, 0.1) is 0 Å². The van der Waals surface area contributed by atoms with Gasteiger partial charge in [0, 0.05) is 13.3 Å². The van der Waals surface area contributed by atoms with E-state index in [0.29, 0.717) is 5.89 Å². The molecule has 0 radical (unpaired) electrons. The molecule has 1 aromatic rings. The third-order valence-electron chi connectivity index (χ3n) is 1.26. The third-order valence-corrected chi connectivity index (χ3v) is 1.26. The zero-order chi connectivity index (χ0) is 8.48. The Balaban J connectivity index is 2.65. The number of aryl methyl sites for hydroxylation is 1. The van der Waals surface area contributed by atoms with E-state index in [1.807, 2.05) is 0 Å². The van der Waals surface area contributed by atoms with Crippen LogP contribution >= 0.6 is 0 Å². The Morgan fingerprint density at radius 2 is 2.00 bits per heavy atom. The molecule has 0 aromatic carbocycles. The van der Waals surface area contributed by atoms with Crippen LogP contribution < -0.4 is 0 Å². The second-order valence-electron chi connectivity index (χ2n) is 3.97. The molecule has 0 saturated carbocycles. The van der Waals surface area contributed by atoms with Crippen LogP contribution in [0.3, 0.4) is 0 Å². The van der Waals surface area contributed by atoms with E-state index in [-0.39, 0.29) is 5.41 Å². The van der Waals surface area contributed by atoms with Gasteiger partial charge in [-0.25, -0.2) is 0 Å². The topological polar surface area (TPSA) is 38.9 Å². The van der Waals surface area contributed by atoms with Crippen molar-refractivity contribution in [2.75, 3.05) is 0 Å². The number of aromatic nitrogens is 2. The lowest BCUT2D eigenvalue weighted by Gasteiger charge is -2.14. The molecule has 0 aliphatic rings. The van der Waals surface area contributed by atoms with E-state index < -0.39 is 0 Å². The van der Waals surface area contributed by atoms with Crippen LogP contribution in [0.2, 0.25) is 0 Å². The molecular formula is C8H14N2O. The molecule has 0 saturated heterocycles. The highest BCUT2D eigenvalue weighted by atomic mass is 16.5. The molecule has 1 aromatic heterocycles. The summed E-state index contributed by atoms with van der Waals surface area (Å²) in [7, 11) is 0. The highest BCUT2D eigenvalue weighted by Crippen LogP contribution is 2.18. The standard InChI is InChI=1S/C8H14N2O/c1-6-9-7(10-11-6)5-8(2,3)4/h5H2,1-4H3. The fourth-order valence-electron chi connectivity index (χ4n) is 0.887. The van der Waals surface area contributed by atoms with E-state index in [4.69, 9.17) is 4.52 Å². The van der Waals surface area contributed by atoms with Gasteiger partial charge in [-0.3, -0.25) is 0 Å². The Labute approximate surface area is 66.8 Å². The normalized spacial score (nSPS) is 12.0. The van der Waals surface area contributed by atoms with E-state index in [1.165, 1.54) is 0 Å². The molecule has 1 rings (SSSR count). The molecule has 0 aliphatic heterocycles. The van der Waals surface area contributed by atoms with E-state index in [1.54, 1.807) is 6.92 Å². The first-order valence-corrected chi connectivity index (χ1v) is 3.76. The van der Waals surface area contributed by atoms with Crippen LogP contribution in [0.4, 0.5) is 0 Å². The summed E-state index contributed by atoms with van der Waals surface area (Å²) in [5, 5.41) is 3.82. The van der Waals surface area contributed by atoms with Gasteiger partial charge in [0.1, 0.15) is 0 Å². The van der Waals surface area contributed by atoms with Gasteiger partial charge in [-0.2, -0.15) is 4.98 Å². The molecule has 3 nitrogen and oxygen atoms in total. The van der Waals surface area contributed by atoms with Crippen LogP contribution in [0.25, 0.3) is 0 Å². The van der Waals surface area contributed by atoms with Crippen LogP contribution in [-0.2, 0) is 6.42 Å². The lowest BCUT2D eigenvalue weighted by molar-refractivity contribution is 0.362. The smallest absolute Gasteiger partial charge is 0.223 e. The van der Waals surface area contributed by atoms with Gasteiger partial charge in [-0.05, 0) is 5.41 Å². The number of rotatable bonds is 1. The fraction of sp³-hybridized carbons (Fsp3) is 0.750. The Kier molecular flexibility index (Phi) is 1.98. The third kappa shape index (κ3) is 2.70. The lowest BCUT2D eigenvalue weighted by Crippen LogP contribution is -2.10.